The first-order valence-corrected chi connectivity index (χ1v) is 20.2. The van der Waals surface area contributed by atoms with Crippen LogP contribution < -0.4 is 5.32 Å². The van der Waals surface area contributed by atoms with Crippen molar-refractivity contribution in [2.24, 2.45) is 0 Å². The van der Waals surface area contributed by atoms with Gasteiger partial charge >= 0.3 is 0 Å². The number of amides is 2. The van der Waals surface area contributed by atoms with Crippen molar-refractivity contribution in [3.8, 4) is 0 Å². The first kappa shape index (κ1) is 53.8. The smallest absolute Gasteiger partial charge is 0.265 e. The molecule has 0 atom stereocenters. The van der Waals surface area contributed by atoms with E-state index in [1.165, 1.54) is 95.8 Å². The number of piperidine rings is 1. The minimum absolute atomic E-state index is 0. The number of thiocarbonyl (C=S) groups is 2. The van der Waals surface area contributed by atoms with E-state index in [1.807, 2.05) is 6.92 Å². The van der Waals surface area contributed by atoms with Crippen molar-refractivity contribution < 1.29 is 19.4 Å². The van der Waals surface area contributed by atoms with Crippen LogP contribution in [-0.2, 0) is 14.3 Å². The van der Waals surface area contributed by atoms with Crippen LogP contribution in [0.5, 0.6) is 0 Å². The molecule has 3 aliphatic rings. The molecule has 0 aromatic carbocycles. The number of carbonyl (C=O) groups excluding carboxylic acids is 2. The molecule has 15 heteroatoms. The number of carbonyl (C=O) groups is 2. The highest BCUT2D eigenvalue weighted by molar-refractivity contribution is 14.2. The Balaban J connectivity index is -0.000000131. The highest BCUT2D eigenvalue weighted by Gasteiger charge is 2.27. The van der Waals surface area contributed by atoms with Crippen molar-refractivity contribution in [2.45, 2.75) is 74.6 Å². The van der Waals surface area contributed by atoms with Crippen molar-refractivity contribution >= 4 is 160 Å². The van der Waals surface area contributed by atoms with E-state index in [4.69, 9.17) is 29.5 Å². The molecule has 0 aliphatic carbocycles. The molecule has 0 spiro atoms. The summed E-state index contributed by atoms with van der Waals surface area (Å²) in [4.78, 5) is 25.4. The lowest BCUT2D eigenvalue weighted by atomic mass is 10.2. The average Bonchev–Trinajstić information content (AvgIpc) is 3.38. The molecule has 0 bridgehead atoms. The lowest BCUT2D eigenvalue weighted by Gasteiger charge is -2.08. The number of ether oxygens (including phenoxy) is 1. The van der Waals surface area contributed by atoms with Gasteiger partial charge in [-0.3, -0.25) is 14.5 Å². The second kappa shape index (κ2) is 41.4. The summed E-state index contributed by atoms with van der Waals surface area (Å²) in [6.45, 7) is 10.7. The number of unbranched alkanes of at least 4 members (excludes halogenated alkanes) is 1. The Kier molecular flexibility index (Phi) is 53.0. The van der Waals surface area contributed by atoms with Gasteiger partial charge in [0.05, 0.1) is 12.6 Å². The number of hydrogen-bond donors (Lipinski definition) is 2. The minimum atomic E-state index is 0. The van der Waals surface area contributed by atoms with Gasteiger partial charge in [0.25, 0.3) is 5.91 Å². The number of likely N-dealkylation sites (N-methyl/N-ethyl adjacent to an activating group) is 1. The molecule has 3 aliphatic heterocycles. The van der Waals surface area contributed by atoms with Crippen molar-refractivity contribution in [1.29, 1.82) is 0 Å². The monoisotopic (exact) mass is 1120 g/mol. The fourth-order valence-corrected chi connectivity index (χ4v) is 6.33. The lowest BCUT2D eigenvalue weighted by Crippen LogP contribution is -2.22. The molecule has 3 fully saturated rings. The van der Waals surface area contributed by atoms with Crippen LogP contribution in [0.25, 0.3) is 0 Å². The second-order valence-electron chi connectivity index (χ2n) is 8.15. The fourth-order valence-electron chi connectivity index (χ4n) is 2.21. The minimum Gasteiger partial charge on any atom is -0.397 e. The number of aliphatic hydroxyl groups excluding tert-OH is 1. The molecule has 3 heterocycles. The van der Waals surface area contributed by atoms with Gasteiger partial charge in [0, 0.05) is 34.9 Å². The predicted molar refractivity (Wildman–Crippen MR) is 233 cm³/mol. The Morgan fingerprint density at radius 3 is 1.62 bits per heavy atom. The molecular formula is C27H53I4N3O4S4. The average molecular weight is 1120 g/mol. The molecule has 0 aromatic heterocycles. The number of allylic oxidation sites excluding steroid dienone is 1. The van der Waals surface area contributed by atoms with Gasteiger partial charge in [0.15, 0.2) is 0 Å². The Morgan fingerprint density at radius 2 is 1.52 bits per heavy atom. The molecular weight excluding hydrogens is 1070 g/mol. The van der Waals surface area contributed by atoms with Gasteiger partial charge < -0.3 is 20.1 Å². The SMILES string of the molecule is C/C=C1\SC(=S)N(C)C1=O.C1CCNCC1.CCCC(I)I.CCCCI.CCO.CN1C(=O)CSC1=S.COC.I. The van der Waals surface area contributed by atoms with Gasteiger partial charge in [-0.2, -0.15) is 0 Å². The molecule has 2 amide bonds. The summed E-state index contributed by atoms with van der Waals surface area (Å²) in [7, 11) is 6.64. The van der Waals surface area contributed by atoms with Gasteiger partial charge in [0.2, 0.25) is 5.91 Å². The number of nitrogens with zero attached hydrogens (tertiary/aromatic N) is 2. The van der Waals surface area contributed by atoms with E-state index >= 15 is 0 Å². The standard InChI is InChI=1S/C6H7NOS2.C5H11N.C4H8I2.C4H9I.C4H5NOS2.2C2H6O.HI/c1-3-4-5(8)7(2)6(9)10-4;1-2-4-6-5-3-1;1-2-3-4(5)6;1-2-3-4-5;1-5-3(6)2-8-4(5)7;1-3-2;1-2-3;/h3H,1-2H3;6H,1-5H2;4H,2-3H2,1H3;2-4H2,1H3;2H2,1H3;1-2H3;3H,2H2,1H3;1H/b4-3-;;;;;;;. The van der Waals surface area contributed by atoms with E-state index in [2.05, 4.69) is 91.7 Å². The molecule has 0 unspecified atom stereocenters. The Labute approximate surface area is 334 Å². The zero-order valence-corrected chi connectivity index (χ0v) is 38.5. The zero-order valence-electron chi connectivity index (χ0n) is 26.4. The Bertz CT molecular complexity index is 675. The third-order valence-corrected chi connectivity index (χ3v) is 9.57. The largest absolute Gasteiger partial charge is 0.397 e. The normalized spacial score (nSPS) is 16.1. The van der Waals surface area contributed by atoms with Crippen LogP contribution in [0.15, 0.2) is 11.0 Å². The highest BCUT2D eigenvalue weighted by atomic mass is 127. The predicted octanol–water partition coefficient (Wildman–Crippen LogP) is 8.70. The van der Waals surface area contributed by atoms with E-state index in [1.54, 1.807) is 41.3 Å². The van der Waals surface area contributed by atoms with E-state index < -0.39 is 0 Å². The first-order valence-electron chi connectivity index (χ1n) is 13.5. The summed E-state index contributed by atoms with van der Waals surface area (Å²) >= 11 is 19.7. The summed E-state index contributed by atoms with van der Waals surface area (Å²) in [5.74, 6) is 0.646. The maximum atomic E-state index is 11.1. The van der Waals surface area contributed by atoms with Gasteiger partial charge in [0.1, 0.15) is 8.64 Å². The number of aliphatic hydroxyl groups is 1. The Morgan fingerprint density at radius 1 is 1.02 bits per heavy atom. The third kappa shape index (κ3) is 36.8. The third-order valence-electron chi connectivity index (χ3n) is 4.42. The van der Waals surface area contributed by atoms with E-state index in [0.29, 0.717) is 14.4 Å². The number of halogens is 4. The van der Waals surface area contributed by atoms with Crippen LogP contribution in [0.1, 0.15) is 72.6 Å². The van der Waals surface area contributed by atoms with Crippen LogP contribution in [-0.4, -0.2) is 95.5 Å². The van der Waals surface area contributed by atoms with E-state index in [9.17, 15) is 9.59 Å². The summed E-state index contributed by atoms with van der Waals surface area (Å²) in [5, 5.41) is 10.9. The van der Waals surface area contributed by atoms with Gasteiger partial charge in [-0.15, -0.1) is 24.0 Å². The number of thioether (sulfide) groups is 2. The van der Waals surface area contributed by atoms with Gasteiger partial charge in [-0.05, 0) is 57.0 Å². The van der Waals surface area contributed by atoms with Crippen molar-refractivity contribution in [3.05, 3.63) is 11.0 Å². The summed E-state index contributed by atoms with van der Waals surface area (Å²) in [5.41, 5.74) is 0. The topological polar surface area (TPSA) is 82.1 Å². The van der Waals surface area contributed by atoms with Crippen LogP contribution in [0.4, 0.5) is 0 Å². The van der Waals surface area contributed by atoms with Gasteiger partial charge in [-0.25, -0.2) is 0 Å². The highest BCUT2D eigenvalue weighted by Crippen LogP contribution is 2.28. The van der Waals surface area contributed by atoms with Crippen molar-refractivity contribution in [2.75, 3.05) is 58.2 Å². The van der Waals surface area contributed by atoms with Crippen molar-refractivity contribution in [3.63, 3.8) is 0 Å². The molecule has 252 valence electrons. The number of nitrogens with one attached hydrogen (secondary N) is 1. The molecule has 7 nitrogen and oxygen atoms in total. The van der Waals surface area contributed by atoms with E-state index in [0.717, 1.165) is 6.84 Å². The quantitative estimate of drug-likeness (QED) is 0.125. The molecule has 0 radical (unpaired) electrons. The zero-order chi connectivity index (χ0) is 32.6. The first-order chi connectivity index (χ1) is 19.4. The number of rotatable bonds is 4. The molecule has 42 heavy (non-hydrogen) atoms. The van der Waals surface area contributed by atoms with Crippen LogP contribution in [0.3, 0.4) is 0 Å². The number of hydrogen-bond acceptors (Lipinski definition) is 9. The molecule has 0 aromatic rings. The summed E-state index contributed by atoms with van der Waals surface area (Å²) < 4.78 is 7.73. The van der Waals surface area contributed by atoms with Crippen LogP contribution >= 0.6 is 140 Å². The molecule has 2 N–H and O–H groups in total. The number of alkyl halides is 3. The van der Waals surface area contributed by atoms with Crippen molar-refractivity contribution in [1.82, 2.24) is 15.1 Å². The fraction of sp³-hybridized carbons (Fsp3) is 0.778. The number of methoxy groups -OCH3 is 1. The maximum absolute atomic E-state index is 11.1. The second-order valence-corrected chi connectivity index (χ2v) is 17.9. The van der Waals surface area contributed by atoms with E-state index in [-0.39, 0.29) is 42.4 Å². The molecule has 3 rings (SSSR count). The van der Waals surface area contributed by atoms with Gasteiger partial charge in [-0.1, -0.05) is 155 Å². The Hall–Kier alpha value is 2.36. The lowest BCUT2D eigenvalue weighted by molar-refractivity contribution is -0.123. The molecule has 0 saturated carbocycles. The van der Waals surface area contributed by atoms with Crippen LogP contribution in [0.2, 0.25) is 0 Å². The summed E-state index contributed by atoms with van der Waals surface area (Å²) in [6.07, 6.45) is 11.4. The van der Waals surface area contributed by atoms with Crippen LogP contribution in [0, 0.1) is 0 Å². The maximum Gasteiger partial charge on any atom is 0.265 e. The molecule has 3 saturated heterocycles. The summed E-state index contributed by atoms with van der Waals surface area (Å²) in [6, 6.07) is 0.